The number of benzene rings is 11. The van der Waals surface area contributed by atoms with E-state index in [0.29, 0.717) is 0 Å². The van der Waals surface area contributed by atoms with Gasteiger partial charge >= 0.3 is 0 Å². The van der Waals surface area contributed by atoms with Gasteiger partial charge in [0.05, 0.1) is 5.69 Å². The SMILES string of the molecule is c1ccc(-c2ccc(N(c3cc(-c4ccccc4)cc(-c4ccccc4)c3)c3ccc4c(c3)C3(CCCCC3)c3cc(N(c5ccc(-c6ccccc6)cc5)c5cccc6ccccc56)ccc3-4)cc2)cc1. The first-order valence-corrected chi connectivity index (χ1v) is 25.6. The zero-order valence-corrected chi connectivity index (χ0v) is 40.3. The molecule has 0 aromatic heterocycles. The van der Waals surface area contributed by atoms with Gasteiger partial charge in [0.1, 0.15) is 0 Å². The van der Waals surface area contributed by atoms with Crippen molar-refractivity contribution in [3.63, 3.8) is 0 Å². The molecule has 0 bridgehead atoms. The van der Waals surface area contributed by atoms with Crippen molar-refractivity contribution in [2.45, 2.75) is 37.5 Å². The fourth-order valence-electron chi connectivity index (χ4n) is 11.9. The Morgan fingerprint density at radius 1 is 0.264 bits per heavy atom. The number of nitrogens with zero attached hydrogens (tertiary/aromatic N) is 2. The minimum Gasteiger partial charge on any atom is -0.310 e. The van der Waals surface area contributed by atoms with Gasteiger partial charge in [-0.25, -0.2) is 0 Å². The molecular weight excluding hydrogens is 869 g/mol. The van der Waals surface area contributed by atoms with Gasteiger partial charge in [0.2, 0.25) is 0 Å². The molecule has 0 radical (unpaired) electrons. The predicted molar refractivity (Wildman–Crippen MR) is 304 cm³/mol. The predicted octanol–water partition coefficient (Wildman–Crippen LogP) is 19.7. The van der Waals surface area contributed by atoms with E-state index in [9.17, 15) is 0 Å². The third-order valence-electron chi connectivity index (χ3n) is 15.4. The molecular formula is C70H54N2. The highest BCUT2D eigenvalue weighted by Gasteiger charge is 2.44. The molecule has 344 valence electrons. The summed E-state index contributed by atoms with van der Waals surface area (Å²) in [6, 6.07) is 98.7. The molecule has 0 aliphatic heterocycles. The molecule has 1 fully saturated rings. The van der Waals surface area contributed by atoms with Gasteiger partial charge in [-0.05, 0) is 158 Å². The highest BCUT2D eigenvalue weighted by atomic mass is 15.1. The van der Waals surface area contributed by atoms with Crippen molar-refractivity contribution >= 4 is 44.9 Å². The van der Waals surface area contributed by atoms with E-state index in [1.165, 1.54) is 114 Å². The molecule has 72 heavy (non-hydrogen) atoms. The standard InChI is InChI=1S/C70H54N2/c1-6-19-50(20-7-1)54-31-35-59(36-32-54)71(63-46-57(52-23-10-3-11-24-52)45-58(47-63)53-25-12-4-13-26-53)61-39-41-65-66-42-40-62(49-68(66)70(67(65)48-61)43-16-5-17-44-70)72(69-30-18-28-56-27-14-15-29-64(56)69)60-37-33-55(34-38-60)51-21-8-2-9-22-51/h1-4,6-15,18-42,45-49H,5,16-17,43-44H2. The van der Waals surface area contributed by atoms with Crippen molar-refractivity contribution in [3.8, 4) is 55.6 Å². The van der Waals surface area contributed by atoms with Crippen LogP contribution in [0.3, 0.4) is 0 Å². The first-order valence-electron chi connectivity index (χ1n) is 25.6. The van der Waals surface area contributed by atoms with E-state index in [0.717, 1.165) is 29.9 Å². The lowest BCUT2D eigenvalue weighted by molar-refractivity contribution is 0.353. The minimum absolute atomic E-state index is 0.125. The van der Waals surface area contributed by atoms with Gasteiger partial charge < -0.3 is 9.80 Å². The van der Waals surface area contributed by atoms with Crippen LogP contribution < -0.4 is 9.80 Å². The average molecular weight is 923 g/mol. The second kappa shape index (κ2) is 18.6. The fraction of sp³-hybridized carbons (Fsp3) is 0.0857. The lowest BCUT2D eigenvalue weighted by Crippen LogP contribution is -2.28. The molecule has 2 heteroatoms. The maximum absolute atomic E-state index is 2.56. The molecule has 1 spiro atoms. The lowest BCUT2D eigenvalue weighted by atomic mass is 9.67. The Bertz CT molecular complexity index is 3630. The number of hydrogen-bond acceptors (Lipinski definition) is 2. The quantitative estimate of drug-likeness (QED) is 0.135. The molecule has 2 nitrogen and oxygen atoms in total. The first-order chi connectivity index (χ1) is 35.7. The molecule has 11 aromatic rings. The molecule has 2 aliphatic carbocycles. The zero-order valence-electron chi connectivity index (χ0n) is 40.3. The summed E-state index contributed by atoms with van der Waals surface area (Å²) < 4.78 is 0. The Labute approximate surface area is 423 Å². The van der Waals surface area contributed by atoms with Crippen molar-refractivity contribution in [2.75, 3.05) is 9.80 Å². The number of anilines is 6. The van der Waals surface area contributed by atoms with Crippen LogP contribution in [0.25, 0.3) is 66.4 Å². The largest absolute Gasteiger partial charge is 0.310 e. The van der Waals surface area contributed by atoms with Crippen molar-refractivity contribution in [1.29, 1.82) is 0 Å². The first kappa shape index (κ1) is 43.3. The Hall–Kier alpha value is -8.72. The van der Waals surface area contributed by atoms with Crippen LogP contribution >= 0.6 is 0 Å². The second-order valence-electron chi connectivity index (χ2n) is 19.6. The van der Waals surface area contributed by atoms with E-state index in [1.54, 1.807) is 0 Å². The maximum atomic E-state index is 2.56. The van der Waals surface area contributed by atoms with Crippen molar-refractivity contribution in [2.24, 2.45) is 0 Å². The monoisotopic (exact) mass is 922 g/mol. The molecule has 0 heterocycles. The van der Waals surface area contributed by atoms with Crippen LogP contribution in [0.5, 0.6) is 0 Å². The summed E-state index contributed by atoms with van der Waals surface area (Å²) in [5.41, 5.74) is 22.0. The van der Waals surface area contributed by atoms with Gasteiger partial charge in [0.15, 0.2) is 0 Å². The number of hydrogen-bond donors (Lipinski definition) is 0. The van der Waals surface area contributed by atoms with E-state index in [2.05, 4.69) is 277 Å². The summed E-state index contributed by atoms with van der Waals surface area (Å²) in [5.74, 6) is 0. The van der Waals surface area contributed by atoms with Crippen molar-refractivity contribution < 1.29 is 0 Å². The van der Waals surface area contributed by atoms with Gasteiger partial charge in [-0.1, -0.05) is 213 Å². The summed E-state index contributed by atoms with van der Waals surface area (Å²) in [6.45, 7) is 0. The highest BCUT2D eigenvalue weighted by Crippen LogP contribution is 2.58. The van der Waals surface area contributed by atoms with E-state index in [1.807, 2.05) is 0 Å². The van der Waals surface area contributed by atoms with Crippen LogP contribution in [0, 0.1) is 0 Å². The van der Waals surface area contributed by atoms with Gasteiger partial charge in [0.25, 0.3) is 0 Å². The molecule has 0 N–H and O–H groups in total. The van der Waals surface area contributed by atoms with Crippen LogP contribution in [0.1, 0.15) is 43.2 Å². The average Bonchev–Trinajstić information content (AvgIpc) is 3.71. The van der Waals surface area contributed by atoms with Crippen LogP contribution in [-0.4, -0.2) is 0 Å². The van der Waals surface area contributed by atoms with Gasteiger partial charge in [-0.3, -0.25) is 0 Å². The summed E-state index contributed by atoms with van der Waals surface area (Å²) in [5, 5.41) is 2.46. The fourth-order valence-corrected chi connectivity index (χ4v) is 11.9. The lowest BCUT2D eigenvalue weighted by Gasteiger charge is -2.37. The second-order valence-corrected chi connectivity index (χ2v) is 19.6. The van der Waals surface area contributed by atoms with Gasteiger partial charge in [0, 0.05) is 39.2 Å². The molecule has 2 aliphatic rings. The smallest absolute Gasteiger partial charge is 0.0540 e. The van der Waals surface area contributed by atoms with E-state index in [-0.39, 0.29) is 5.41 Å². The summed E-state index contributed by atoms with van der Waals surface area (Å²) >= 11 is 0. The van der Waals surface area contributed by atoms with Crippen LogP contribution in [0.15, 0.2) is 267 Å². The summed E-state index contributed by atoms with van der Waals surface area (Å²) in [7, 11) is 0. The molecule has 0 unspecified atom stereocenters. The number of rotatable bonds is 10. The third-order valence-corrected chi connectivity index (χ3v) is 15.4. The summed E-state index contributed by atoms with van der Waals surface area (Å²) in [4.78, 5) is 4.99. The van der Waals surface area contributed by atoms with Gasteiger partial charge in [-0.2, -0.15) is 0 Å². The Morgan fingerprint density at radius 2 is 0.667 bits per heavy atom. The van der Waals surface area contributed by atoms with Crippen LogP contribution in [0.2, 0.25) is 0 Å². The van der Waals surface area contributed by atoms with E-state index >= 15 is 0 Å². The third kappa shape index (κ3) is 7.86. The Morgan fingerprint density at radius 3 is 1.18 bits per heavy atom. The molecule has 0 amide bonds. The molecule has 0 saturated heterocycles. The van der Waals surface area contributed by atoms with E-state index < -0.39 is 0 Å². The van der Waals surface area contributed by atoms with E-state index in [4.69, 9.17) is 0 Å². The zero-order chi connectivity index (χ0) is 47.8. The molecule has 11 aromatic carbocycles. The topological polar surface area (TPSA) is 6.48 Å². The van der Waals surface area contributed by atoms with Crippen molar-refractivity contribution in [1.82, 2.24) is 0 Å². The maximum Gasteiger partial charge on any atom is 0.0540 e. The Balaban J connectivity index is 0.973. The van der Waals surface area contributed by atoms with Crippen molar-refractivity contribution in [3.05, 3.63) is 278 Å². The highest BCUT2D eigenvalue weighted by molar-refractivity contribution is 6.00. The molecule has 1 saturated carbocycles. The van der Waals surface area contributed by atoms with Crippen LogP contribution in [-0.2, 0) is 5.41 Å². The minimum atomic E-state index is -0.125. The summed E-state index contributed by atoms with van der Waals surface area (Å²) in [6.07, 6.45) is 5.90. The van der Waals surface area contributed by atoms with Gasteiger partial charge in [-0.15, -0.1) is 0 Å². The van der Waals surface area contributed by atoms with Crippen LogP contribution in [0.4, 0.5) is 34.1 Å². The molecule has 0 atom stereocenters. The molecule has 13 rings (SSSR count). The number of fused-ring (bicyclic) bond motifs is 6. The normalized spacial score (nSPS) is 13.4. The Kier molecular flexibility index (Phi) is 11.2.